The van der Waals surface area contributed by atoms with Crippen LogP contribution in [-0.4, -0.2) is 36.1 Å². The van der Waals surface area contributed by atoms with Gasteiger partial charge in [-0.2, -0.15) is 0 Å². The number of rotatable bonds is 9. The summed E-state index contributed by atoms with van der Waals surface area (Å²) in [6.07, 6.45) is 10.1. The summed E-state index contributed by atoms with van der Waals surface area (Å²) in [6, 6.07) is 7.44. The number of fused-ring (bicyclic) bond motifs is 1. The van der Waals surface area contributed by atoms with Crippen molar-refractivity contribution < 1.29 is 19.1 Å². The van der Waals surface area contributed by atoms with Gasteiger partial charge < -0.3 is 14.8 Å². The maximum atomic E-state index is 13.1. The number of amides is 1. The molecule has 0 radical (unpaired) electrons. The first-order chi connectivity index (χ1) is 16.8. The number of pyridine rings is 2. The molecule has 1 saturated carbocycles. The van der Waals surface area contributed by atoms with Gasteiger partial charge in [0.15, 0.2) is 0 Å². The average Bonchev–Trinajstić information content (AvgIpc) is 2.85. The lowest BCUT2D eigenvalue weighted by molar-refractivity contribution is -0.153. The Hall–Kier alpha value is -2.96. The van der Waals surface area contributed by atoms with Crippen LogP contribution in [0.4, 0.5) is 0 Å². The zero-order valence-electron chi connectivity index (χ0n) is 21.3. The highest BCUT2D eigenvalue weighted by atomic mass is 16.5. The van der Waals surface area contributed by atoms with Gasteiger partial charge in [0.05, 0.1) is 25.7 Å². The Morgan fingerprint density at radius 3 is 2.57 bits per heavy atom. The van der Waals surface area contributed by atoms with Crippen molar-refractivity contribution in [1.29, 1.82) is 0 Å². The maximum absolute atomic E-state index is 13.1. The Kier molecular flexibility index (Phi) is 7.72. The van der Waals surface area contributed by atoms with Gasteiger partial charge in [-0.15, -0.1) is 0 Å². The lowest BCUT2D eigenvalue weighted by Crippen LogP contribution is -2.47. The van der Waals surface area contributed by atoms with E-state index < -0.39 is 11.5 Å². The Labute approximate surface area is 208 Å². The first-order valence-corrected chi connectivity index (χ1v) is 12.7. The second-order valence-electron chi connectivity index (χ2n) is 10.5. The van der Waals surface area contributed by atoms with Crippen LogP contribution in [-0.2, 0) is 33.6 Å². The van der Waals surface area contributed by atoms with Crippen LogP contribution in [0.1, 0.15) is 74.5 Å². The molecule has 2 aliphatic carbocycles. The molecule has 0 bridgehead atoms. The maximum Gasteiger partial charge on any atom is 0.313 e. The fraction of sp³-hybridized carbons (Fsp3) is 0.571. The van der Waals surface area contributed by atoms with Gasteiger partial charge in [-0.3, -0.25) is 14.6 Å². The van der Waals surface area contributed by atoms with Crippen LogP contribution >= 0.6 is 0 Å². The van der Waals surface area contributed by atoms with E-state index in [-0.39, 0.29) is 17.8 Å². The summed E-state index contributed by atoms with van der Waals surface area (Å²) in [5, 5.41) is 3.12. The van der Waals surface area contributed by atoms with Crippen molar-refractivity contribution in [2.24, 2.45) is 17.3 Å². The number of hydrogen-bond acceptors (Lipinski definition) is 6. The van der Waals surface area contributed by atoms with E-state index in [0.29, 0.717) is 11.8 Å². The lowest BCUT2D eigenvalue weighted by Gasteiger charge is -2.38. The lowest BCUT2D eigenvalue weighted by atomic mass is 9.71. The third kappa shape index (κ3) is 5.65. The molecule has 2 heterocycles. The fourth-order valence-corrected chi connectivity index (χ4v) is 5.31. The molecule has 0 saturated heterocycles. The quantitative estimate of drug-likeness (QED) is 0.537. The van der Waals surface area contributed by atoms with Crippen molar-refractivity contribution in [3.05, 3.63) is 53.0 Å². The number of aromatic nitrogens is 2. The van der Waals surface area contributed by atoms with Crippen molar-refractivity contribution in [1.82, 2.24) is 15.3 Å². The summed E-state index contributed by atoms with van der Waals surface area (Å²) in [6.45, 7) is 3.56. The van der Waals surface area contributed by atoms with Crippen LogP contribution in [0.15, 0.2) is 30.5 Å². The molecule has 188 valence electrons. The van der Waals surface area contributed by atoms with E-state index >= 15 is 0 Å². The molecular weight excluding hydrogens is 442 g/mol. The van der Waals surface area contributed by atoms with Crippen molar-refractivity contribution in [2.45, 2.75) is 71.3 Å². The molecule has 0 aromatic carbocycles. The van der Waals surface area contributed by atoms with Crippen LogP contribution in [0.25, 0.3) is 0 Å². The molecular formula is C28H37N3O4. The van der Waals surface area contributed by atoms with Crippen LogP contribution in [0.3, 0.4) is 0 Å². The summed E-state index contributed by atoms with van der Waals surface area (Å²) in [7, 11) is 2.91. The minimum atomic E-state index is -0.956. The standard InChI is InChI=1S/C28H37N3O4/c1-28(2,27(33)35-4)25(20-11-14-24(34-3)29-17-20)31-26(32)21-15-18(16-21)9-12-22-13-10-19-7-5-6-8-23(19)30-22/h10-11,13-14,17-18,21,25H,5-9,12,15-16H2,1-4H3,(H,31,32). The Bertz CT molecular complexity index is 1040. The van der Waals surface area contributed by atoms with Crippen molar-refractivity contribution in [3.8, 4) is 5.88 Å². The monoisotopic (exact) mass is 479 g/mol. The second kappa shape index (κ2) is 10.8. The van der Waals surface area contributed by atoms with E-state index in [1.54, 1.807) is 33.2 Å². The van der Waals surface area contributed by atoms with Crippen LogP contribution in [0, 0.1) is 17.3 Å². The predicted molar refractivity (Wildman–Crippen MR) is 133 cm³/mol. The van der Waals surface area contributed by atoms with E-state index in [4.69, 9.17) is 14.5 Å². The summed E-state index contributed by atoms with van der Waals surface area (Å²) < 4.78 is 10.2. The van der Waals surface area contributed by atoms with Gasteiger partial charge in [0, 0.05) is 29.6 Å². The molecule has 35 heavy (non-hydrogen) atoms. The van der Waals surface area contributed by atoms with E-state index in [2.05, 4.69) is 22.4 Å². The zero-order valence-corrected chi connectivity index (χ0v) is 21.3. The highest BCUT2D eigenvalue weighted by Gasteiger charge is 2.42. The van der Waals surface area contributed by atoms with E-state index in [0.717, 1.165) is 44.1 Å². The number of nitrogens with zero attached hydrogens (tertiary/aromatic N) is 2. The number of aryl methyl sites for hydroxylation is 3. The molecule has 0 aliphatic heterocycles. The number of hydrogen-bond donors (Lipinski definition) is 1. The third-order valence-corrected chi connectivity index (χ3v) is 7.67. The molecule has 2 aromatic rings. The molecule has 7 nitrogen and oxygen atoms in total. The predicted octanol–water partition coefficient (Wildman–Crippen LogP) is 4.38. The van der Waals surface area contributed by atoms with Gasteiger partial charge >= 0.3 is 5.97 Å². The summed E-state index contributed by atoms with van der Waals surface area (Å²) in [4.78, 5) is 34.9. The number of esters is 1. The molecule has 2 aromatic heterocycles. The molecule has 4 rings (SSSR count). The van der Waals surface area contributed by atoms with Gasteiger partial charge in [0.25, 0.3) is 0 Å². The molecule has 0 spiro atoms. The van der Waals surface area contributed by atoms with Gasteiger partial charge in [-0.25, -0.2) is 4.98 Å². The number of nitrogens with one attached hydrogen (secondary N) is 1. The Morgan fingerprint density at radius 2 is 1.89 bits per heavy atom. The smallest absolute Gasteiger partial charge is 0.313 e. The topological polar surface area (TPSA) is 90.4 Å². The minimum Gasteiger partial charge on any atom is -0.481 e. The molecule has 7 heteroatoms. The van der Waals surface area contributed by atoms with Gasteiger partial charge in [0.2, 0.25) is 11.8 Å². The molecule has 2 aliphatic rings. The van der Waals surface area contributed by atoms with E-state index in [9.17, 15) is 9.59 Å². The summed E-state index contributed by atoms with van der Waals surface area (Å²) in [5.74, 6) is 0.551. The summed E-state index contributed by atoms with van der Waals surface area (Å²) >= 11 is 0. The SMILES string of the molecule is COC(=O)C(C)(C)C(NC(=O)C1CC(CCc2ccc3c(n2)CCCC3)C1)c1ccc(OC)nc1. The zero-order chi connectivity index (χ0) is 25.0. The highest BCUT2D eigenvalue weighted by molar-refractivity contribution is 5.82. The number of methoxy groups -OCH3 is 2. The molecule has 1 amide bonds. The molecule has 1 fully saturated rings. The normalized spacial score (nSPS) is 20.2. The van der Waals surface area contributed by atoms with Gasteiger partial charge in [-0.05, 0) is 88.3 Å². The first kappa shape index (κ1) is 25.1. The summed E-state index contributed by atoms with van der Waals surface area (Å²) in [5.41, 5.74) is 3.65. The van der Waals surface area contributed by atoms with Crippen LogP contribution in [0.5, 0.6) is 5.88 Å². The van der Waals surface area contributed by atoms with Gasteiger partial charge in [-0.1, -0.05) is 12.1 Å². The van der Waals surface area contributed by atoms with E-state index in [1.165, 1.54) is 36.9 Å². The van der Waals surface area contributed by atoms with Gasteiger partial charge in [0.1, 0.15) is 0 Å². The Morgan fingerprint density at radius 1 is 1.11 bits per heavy atom. The van der Waals surface area contributed by atoms with Crippen LogP contribution in [0.2, 0.25) is 0 Å². The highest BCUT2D eigenvalue weighted by Crippen LogP contribution is 2.40. The number of carbonyl (C=O) groups is 2. The molecule has 1 unspecified atom stereocenters. The number of carbonyl (C=O) groups excluding carboxylic acids is 2. The fourth-order valence-electron chi connectivity index (χ4n) is 5.31. The van der Waals surface area contributed by atoms with Crippen LogP contribution < -0.4 is 10.1 Å². The number of ether oxygens (including phenoxy) is 2. The van der Waals surface area contributed by atoms with Crippen molar-refractivity contribution >= 4 is 11.9 Å². The van der Waals surface area contributed by atoms with E-state index in [1.807, 2.05) is 6.07 Å². The van der Waals surface area contributed by atoms with Crippen molar-refractivity contribution in [2.75, 3.05) is 14.2 Å². The molecule has 1 atom stereocenters. The largest absolute Gasteiger partial charge is 0.481 e. The van der Waals surface area contributed by atoms with Crippen molar-refractivity contribution in [3.63, 3.8) is 0 Å². The Balaban J connectivity index is 1.34. The second-order valence-corrected chi connectivity index (χ2v) is 10.5. The average molecular weight is 480 g/mol. The third-order valence-electron chi connectivity index (χ3n) is 7.67. The minimum absolute atomic E-state index is 0.0223. The first-order valence-electron chi connectivity index (χ1n) is 12.7. The molecule has 1 N–H and O–H groups in total.